The number of benzene rings is 1. The zero-order chi connectivity index (χ0) is 23.3. The predicted molar refractivity (Wildman–Crippen MR) is 133 cm³/mol. The molecule has 2 saturated heterocycles. The summed E-state index contributed by atoms with van der Waals surface area (Å²) in [5.41, 5.74) is 5.42. The van der Waals surface area contributed by atoms with E-state index in [9.17, 15) is 4.79 Å². The summed E-state index contributed by atoms with van der Waals surface area (Å²) in [6.45, 7) is 6.62. The number of carbonyl (C=O) groups excluding carboxylic acids is 1. The van der Waals surface area contributed by atoms with Crippen molar-refractivity contribution in [1.82, 2.24) is 14.9 Å². The van der Waals surface area contributed by atoms with Crippen molar-refractivity contribution < 1.29 is 9.53 Å². The number of anilines is 1. The van der Waals surface area contributed by atoms with Crippen LogP contribution in [0.3, 0.4) is 0 Å². The summed E-state index contributed by atoms with van der Waals surface area (Å²) in [7, 11) is 0. The number of carbonyl (C=O) groups is 1. The normalized spacial score (nSPS) is 18.7. The van der Waals surface area contributed by atoms with Crippen LogP contribution in [0, 0.1) is 6.92 Å². The Morgan fingerprint density at radius 3 is 2.76 bits per heavy atom. The molecule has 0 unspecified atom stereocenters. The number of aryl methyl sites for hydroxylation is 1. The molecule has 34 heavy (non-hydrogen) atoms. The number of amides is 1. The highest BCUT2D eigenvalue weighted by Gasteiger charge is 2.27. The lowest BCUT2D eigenvalue weighted by Gasteiger charge is -2.33. The molecule has 1 amide bonds. The van der Waals surface area contributed by atoms with Gasteiger partial charge in [0.15, 0.2) is 0 Å². The van der Waals surface area contributed by atoms with Crippen LogP contribution in [-0.2, 0) is 11.2 Å². The van der Waals surface area contributed by atoms with Crippen LogP contribution in [0.2, 0.25) is 0 Å². The second kappa shape index (κ2) is 10.3. The molecular weight excluding hydrogens is 424 g/mol. The van der Waals surface area contributed by atoms with Crippen molar-refractivity contribution >= 4 is 11.7 Å². The lowest BCUT2D eigenvalue weighted by molar-refractivity contribution is 0.0705. The molecule has 0 N–H and O–H groups in total. The monoisotopic (exact) mass is 456 g/mol. The van der Waals surface area contributed by atoms with E-state index in [-0.39, 0.29) is 11.8 Å². The summed E-state index contributed by atoms with van der Waals surface area (Å²) in [5.74, 6) is 1.20. The van der Waals surface area contributed by atoms with E-state index in [1.165, 1.54) is 11.1 Å². The van der Waals surface area contributed by atoms with E-state index in [4.69, 9.17) is 9.72 Å². The third-order valence-corrected chi connectivity index (χ3v) is 6.75. The summed E-state index contributed by atoms with van der Waals surface area (Å²) < 4.78 is 5.44. The van der Waals surface area contributed by atoms with Gasteiger partial charge in [-0.2, -0.15) is 0 Å². The van der Waals surface area contributed by atoms with Gasteiger partial charge in [0.05, 0.1) is 13.2 Å². The molecule has 4 heterocycles. The van der Waals surface area contributed by atoms with Crippen molar-refractivity contribution in [3.8, 4) is 0 Å². The second-order valence-corrected chi connectivity index (χ2v) is 9.31. The molecule has 0 aliphatic carbocycles. The number of hydrogen-bond acceptors (Lipinski definition) is 5. The van der Waals surface area contributed by atoms with Crippen LogP contribution in [0.25, 0.3) is 0 Å². The molecule has 176 valence electrons. The SMILES string of the molecule is Cc1cccc(Cc2cccc([C@H]3CCCN(C(=O)c4ccnc(N5CCOCC5)c4)C3)n2)c1. The quantitative estimate of drug-likeness (QED) is 0.575. The van der Waals surface area contributed by atoms with Gasteiger partial charge in [0, 0.05) is 61.7 Å². The number of piperidine rings is 1. The summed E-state index contributed by atoms with van der Waals surface area (Å²) in [6, 6.07) is 18.7. The van der Waals surface area contributed by atoms with E-state index < -0.39 is 0 Å². The number of nitrogens with zero attached hydrogens (tertiary/aromatic N) is 4. The number of morpholine rings is 1. The first-order valence-electron chi connectivity index (χ1n) is 12.2. The van der Waals surface area contributed by atoms with Gasteiger partial charge in [-0.05, 0) is 49.6 Å². The number of pyridine rings is 2. The number of ether oxygens (including phenoxy) is 1. The van der Waals surface area contributed by atoms with E-state index in [2.05, 4.69) is 59.3 Å². The first-order chi connectivity index (χ1) is 16.7. The van der Waals surface area contributed by atoms with Gasteiger partial charge in [0.1, 0.15) is 5.82 Å². The molecule has 0 saturated carbocycles. The lowest BCUT2D eigenvalue weighted by Crippen LogP contribution is -2.40. The molecule has 0 radical (unpaired) electrons. The van der Waals surface area contributed by atoms with Crippen molar-refractivity contribution in [2.45, 2.75) is 32.1 Å². The standard InChI is InChI=1S/C28H32N4O2/c1-21-5-2-6-22(17-21)18-25-8-3-9-26(30-25)24-7-4-12-32(20-24)28(33)23-10-11-29-27(19-23)31-13-15-34-16-14-31/h2-3,5-6,8-11,17,19,24H,4,7,12-16,18,20H2,1H3/t24-/m0/s1. The van der Waals surface area contributed by atoms with Crippen molar-refractivity contribution in [3.05, 3.63) is 88.9 Å². The van der Waals surface area contributed by atoms with Gasteiger partial charge in [-0.25, -0.2) is 4.98 Å². The van der Waals surface area contributed by atoms with Gasteiger partial charge in [-0.1, -0.05) is 35.9 Å². The van der Waals surface area contributed by atoms with Gasteiger partial charge in [0.2, 0.25) is 0 Å². The summed E-state index contributed by atoms with van der Waals surface area (Å²) >= 11 is 0. The van der Waals surface area contributed by atoms with Gasteiger partial charge in [0.25, 0.3) is 5.91 Å². The van der Waals surface area contributed by atoms with Crippen LogP contribution < -0.4 is 4.90 Å². The molecule has 5 rings (SSSR count). The van der Waals surface area contributed by atoms with Crippen molar-refractivity contribution in [3.63, 3.8) is 0 Å². The van der Waals surface area contributed by atoms with Gasteiger partial charge < -0.3 is 14.5 Å². The van der Waals surface area contributed by atoms with E-state index in [0.29, 0.717) is 25.3 Å². The Bertz CT molecular complexity index is 1140. The molecule has 0 bridgehead atoms. The first kappa shape index (κ1) is 22.5. The van der Waals surface area contributed by atoms with Crippen LogP contribution in [0.4, 0.5) is 5.82 Å². The van der Waals surface area contributed by atoms with E-state index in [1.54, 1.807) is 6.20 Å². The fourth-order valence-electron chi connectivity index (χ4n) is 4.96. The average molecular weight is 457 g/mol. The Morgan fingerprint density at radius 1 is 1.06 bits per heavy atom. The minimum atomic E-state index is 0.0810. The largest absolute Gasteiger partial charge is 0.378 e. The van der Waals surface area contributed by atoms with E-state index >= 15 is 0 Å². The van der Waals surface area contributed by atoms with Crippen LogP contribution in [0.15, 0.2) is 60.8 Å². The maximum Gasteiger partial charge on any atom is 0.254 e. The van der Waals surface area contributed by atoms with Crippen LogP contribution in [0.1, 0.15) is 51.6 Å². The van der Waals surface area contributed by atoms with Gasteiger partial charge in [-0.15, -0.1) is 0 Å². The first-order valence-corrected chi connectivity index (χ1v) is 12.2. The number of hydrogen-bond donors (Lipinski definition) is 0. The molecule has 6 heteroatoms. The maximum absolute atomic E-state index is 13.4. The summed E-state index contributed by atoms with van der Waals surface area (Å²) in [5, 5.41) is 0. The maximum atomic E-state index is 13.4. The molecule has 6 nitrogen and oxygen atoms in total. The molecule has 3 aromatic rings. The minimum Gasteiger partial charge on any atom is -0.378 e. The Labute approximate surface area is 201 Å². The third-order valence-electron chi connectivity index (χ3n) is 6.75. The topological polar surface area (TPSA) is 58.6 Å². The molecule has 2 aromatic heterocycles. The smallest absolute Gasteiger partial charge is 0.254 e. The average Bonchev–Trinajstić information content (AvgIpc) is 2.89. The van der Waals surface area contributed by atoms with Crippen LogP contribution in [0.5, 0.6) is 0 Å². The van der Waals surface area contributed by atoms with E-state index in [0.717, 1.165) is 56.1 Å². The molecule has 2 aliphatic heterocycles. The van der Waals surface area contributed by atoms with Crippen LogP contribution in [-0.4, -0.2) is 60.2 Å². The molecule has 2 fully saturated rings. The van der Waals surface area contributed by atoms with Crippen molar-refractivity contribution in [2.75, 3.05) is 44.3 Å². The molecule has 1 aromatic carbocycles. The van der Waals surface area contributed by atoms with Gasteiger partial charge in [-0.3, -0.25) is 9.78 Å². The highest BCUT2D eigenvalue weighted by atomic mass is 16.5. The van der Waals surface area contributed by atoms with Gasteiger partial charge >= 0.3 is 0 Å². The number of aromatic nitrogens is 2. The second-order valence-electron chi connectivity index (χ2n) is 9.31. The lowest BCUT2D eigenvalue weighted by atomic mass is 9.93. The number of rotatable bonds is 5. The zero-order valence-corrected chi connectivity index (χ0v) is 19.8. The Hall–Kier alpha value is -3.25. The highest BCUT2D eigenvalue weighted by Crippen LogP contribution is 2.27. The predicted octanol–water partition coefficient (Wildman–Crippen LogP) is 4.23. The molecule has 1 atom stereocenters. The number of likely N-dealkylation sites (tertiary alicyclic amines) is 1. The van der Waals surface area contributed by atoms with Crippen molar-refractivity contribution in [2.24, 2.45) is 0 Å². The Balaban J connectivity index is 1.28. The fourth-order valence-corrected chi connectivity index (χ4v) is 4.96. The summed E-state index contributed by atoms with van der Waals surface area (Å²) in [4.78, 5) is 27.0. The van der Waals surface area contributed by atoms with Crippen molar-refractivity contribution in [1.29, 1.82) is 0 Å². The minimum absolute atomic E-state index is 0.0810. The van der Waals surface area contributed by atoms with E-state index in [1.807, 2.05) is 17.0 Å². The fraction of sp³-hybridized carbons (Fsp3) is 0.393. The van der Waals surface area contributed by atoms with Crippen LogP contribution >= 0.6 is 0 Å². The molecule has 2 aliphatic rings. The molecule has 0 spiro atoms. The Morgan fingerprint density at radius 2 is 1.91 bits per heavy atom. The molecular formula is C28H32N4O2. The summed E-state index contributed by atoms with van der Waals surface area (Å²) in [6.07, 6.45) is 4.61. The third kappa shape index (κ3) is 5.28. The zero-order valence-electron chi connectivity index (χ0n) is 19.8. The Kier molecular flexibility index (Phi) is 6.86. The highest BCUT2D eigenvalue weighted by molar-refractivity contribution is 5.95.